The third kappa shape index (κ3) is 4.15. The van der Waals surface area contributed by atoms with Crippen LogP contribution in [0.25, 0.3) is 23.3 Å². The molecule has 122 valence electrons. The topological polar surface area (TPSA) is 47.6 Å². The lowest BCUT2D eigenvalue weighted by molar-refractivity contribution is 1.50. The van der Waals surface area contributed by atoms with Crippen molar-refractivity contribution in [3.05, 3.63) is 107 Å². The van der Waals surface area contributed by atoms with Crippen molar-refractivity contribution in [3.63, 3.8) is 0 Å². The van der Waals surface area contributed by atoms with Crippen LogP contribution in [0.5, 0.6) is 0 Å². The number of benzene rings is 3. The zero-order chi connectivity index (χ0) is 18.2. The van der Waals surface area contributed by atoms with Gasteiger partial charge in [-0.05, 0) is 34.4 Å². The highest BCUT2D eigenvalue weighted by molar-refractivity contribution is 5.92. The van der Waals surface area contributed by atoms with E-state index in [1.165, 1.54) is 0 Å². The predicted octanol–water partition coefficient (Wildman–Crippen LogP) is 5.81. The van der Waals surface area contributed by atoms with Gasteiger partial charge in [-0.15, -0.1) is 0 Å². The molecule has 0 spiro atoms. The molecule has 0 unspecified atom stereocenters. The fraction of sp³-hybridized carbons (Fsp3) is 0. The second-order valence-electron chi connectivity index (χ2n) is 5.74. The van der Waals surface area contributed by atoms with Crippen LogP contribution in [0.2, 0.25) is 0 Å². The Morgan fingerprint density at radius 2 is 0.885 bits per heavy atom. The minimum absolute atomic E-state index is 0.591. The first kappa shape index (κ1) is 17.0. The third-order valence-electron chi connectivity index (χ3n) is 3.97. The quantitative estimate of drug-likeness (QED) is 0.447. The number of rotatable bonds is 4. The van der Waals surface area contributed by atoms with Gasteiger partial charge in [-0.3, -0.25) is 0 Å². The van der Waals surface area contributed by atoms with Crippen molar-refractivity contribution < 1.29 is 0 Å². The summed E-state index contributed by atoms with van der Waals surface area (Å²) >= 11 is 0. The Hall–Kier alpha value is -3.88. The van der Waals surface area contributed by atoms with Crippen LogP contribution in [-0.2, 0) is 0 Å². The summed E-state index contributed by atoms with van der Waals surface area (Å²) in [5.74, 6) is 0. The maximum Gasteiger partial charge on any atom is 0.0998 e. The van der Waals surface area contributed by atoms with Crippen molar-refractivity contribution in [2.24, 2.45) is 0 Å². The van der Waals surface area contributed by atoms with E-state index < -0.39 is 0 Å². The average molecular weight is 332 g/mol. The van der Waals surface area contributed by atoms with Crippen LogP contribution in [0.1, 0.15) is 22.3 Å². The molecule has 26 heavy (non-hydrogen) atoms. The van der Waals surface area contributed by atoms with Gasteiger partial charge in [-0.25, -0.2) is 0 Å². The zero-order valence-electron chi connectivity index (χ0n) is 14.1. The number of nitriles is 2. The summed E-state index contributed by atoms with van der Waals surface area (Å²) in [6.45, 7) is 0. The van der Waals surface area contributed by atoms with Gasteiger partial charge in [-0.2, -0.15) is 10.5 Å². The minimum atomic E-state index is 0.591. The lowest BCUT2D eigenvalue weighted by Crippen LogP contribution is -1.86. The van der Waals surface area contributed by atoms with E-state index in [0.29, 0.717) is 11.1 Å². The molecule has 0 aliphatic rings. The lowest BCUT2D eigenvalue weighted by Gasteiger charge is -2.04. The van der Waals surface area contributed by atoms with Gasteiger partial charge in [0.2, 0.25) is 0 Å². The lowest BCUT2D eigenvalue weighted by atomic mass is 9.99. The summed E-state index contributed by atoms with van der Waals surface area (Å²) in [4.78, 5) is 0. The van der Waals surface area contributed by atoms with E-state index in [-0.39, 0.29) is 0 Å². The highest BCUT2D eigenvalue weighted by Gasteiger charge is 2.05. The number of allylic oxidation sites excluding steroid dienone is 2. The summed E-state index contributed by atoms with van der Waals surface area (Å²) in [5.41, 5.74) is 4.81. The monoisotopic (exact) mass is 332 g/mol. The Morgan fingerprint density at radius 1 is 0.538 bits per heavy atom. The third-order valence-corrected chi connectivity index (χ3v) is 3.97. The van der Waals surface area contributed by atoms with Crippen LogP contribution < -0.4 is 0 Å². The molecule has 3 aromatic rings. The number of hydrogen-bond donors (Lipinski definition) is 0. The maximum atomic E-state index is 9.48. The van der Waals surface area contributed by atoms with Gasteiger partial charge in [0.05, 0.1) is 23.3 Å². The summed E-state index contributed by atoms with van der Waals surface area (Å²) in [5, 5.41) is 19.0. The molecular formula is C24H16N2. The molecule has 0 amide bonds. The molecule has 0 aliphatic heterocycles. The van der Waals surface area contributed by atoms with Gasteiger partial charge < -0.3 is 0 Å². The molecule has 0 fully saturated rings. The highest BCUT2D eigenvalue weighted by Crippen LogP contribution is 2.22. The second kappa shape index (κ2) is 8.29. The Morgan fingerprint density at radius 3 is 1.19 bits per heavy atom. The average Bonchev–Trinajstić information content (AvgIpc) is 2.72. The summed E-state index contributed by atoms with van der Waals surface area (Å²) < 4.78 is 0. The first-order chi connectivity index (χ1) is 12.8. The van der Waals surface area contributed by atoms with Gasteiger partial charge in [0.25, 0.3) is 0 Å². The molecule has 0 saturated heterocycles. The molecule has 2 nitrogen and oxygen atoms in total. The Balaban J connectivity index is 1.90. The van der Waals surface area contributed by atoms with Crippen LogP contribution in [0.4, 0.5) is 0 Å². The van der Waals surface area contributed by atoms with Crippen LogP contribution >= 0.6 is 0 Å². The van der Waals surface area contributed by atoms with Gasteiger partial charge in [0.1, 0.15) is 0 Å². The van der Waals surface area contributed by atoms with Crippen molar-refractivity contribution in [2.45, 2.75) is 0 Å². The fourth-order valence-corrected chi connectivity index (χ4v) is 2.62. The van der Waals surface area contributed by atoms with E-state index in [1.54, 1.807) is 0 Å². The van der Waals surface area contributed by atoms with E-state index in [0.717, 1.165) is 22.3 Å². The summed E-state index contributed by atoms with van der Waals surface area (Å²) in [6.07, 6.45) is 3.72. The molecule has 2 heteroatoms. The molecule has 0 aliphatic carbocycles. The van der Waals surface area contributed by atoms with Crippen molar-refractivity contribution in [3.8, 4) is 12.1 Å². The smallest absolute Gasteiger partial charge is 0.0998 e. The SMILES string of the molecule is N#C/C(=C\c1ccccc1)c1ccc(/C(C#N)=C\c2ccccc2)cc1. The molecule has 0 saturated carbocycles. The second-order valence-corrected chi connectivity index (χ2v) is 5.74. The van der Waals surface area contributed by atoms with Crippen molar-refractivity contribution in [1.29, 1.82) is 10.5 Å². The molecule has 0 bridgehead atoms. The van der Waals surface area contributed by atoms with E-state index in [9.17, 15) is 10.5 Å². The molecule has 0 heterocycles. The summed E-state index contributed by atoms with van der Waals surface area (Å²) in [7, 11) is 0. The normalized spacial score (nSPS) is 11.5. The van der Waals surface area contributed by atoms with E-state index in [4.69, 9.17) is 0 Å². The van der Waals surface area contributed by atoms with Gasteiger partial charge >= 0.3 is 0 Å². The highest BCUT2D eigenvalue weighted by atomic mass is 14.3. The fourth-order valence-electron chi connectivity index (χ4n) is 2.62. The Kier molecular flexibility index (Phi) is 5.41. The number of hydrogen-bond acceptors (Lipinski definition) is 2. The van der Waals surface area contributed by atoms with Crippen molar-refractivity contribution >= 4 is 23.3 Å². The van der Waals surface area contributed by atoms with Gasteiger partial charge in [0.15, 0.2) is 0 Å². The van der Waals surface area contributed by atoms with E-state index >= 15 is 0 Å². The summed E-state index contributed by atoms with van der Waals surface area (Å²) in [6, 6.07) is 31.5. The Labute approximate surface area is 153 Å². The molecule has 3 rings (SSSR count). The zero-order valence-corrected chi connectivity index (χ0v) is 14.1. The van der Waals surface area contributed by atoms with Gasteiger partial charge in [0, 0.05) is 0 Å². The molecular weight excluding hydrogens is 316 g/mol. The molecule has 0 atom stereocenters. The molecule has 3 aromatic carbocycles. The standard InChI is InChI=1S/C24H16N2/c25-17-23(15-19-7-3-1-4-8-19)21-11-13-22(14-12-21)24(18-26)16-20-9-5-2-6-10-20/h1-16H/b23-15-,24-16+. The maximum absolute atomic E-state index is 9.48. The first-order valence-corrected chi connectivity index (χ1v) is 8.24. The van der Waals surface area contributed by atoms with Crippen LogP contribution in [0, 0.1) is 22.7 Å². The molecule has 0 N–H and O–H groups in total. The largest absolute Gasteiger partial charge is 0.192 e. The van der Waals surface area contributed by atoms with Gasteiger partial charge in [-0.1, -0.05) is 84.9 Å². The first-order valence-electron chi connectivity index (χ1n) is 8.24. The predicted molar refractivity (Wildman–Crippen MR) is 106 cm³/mol. The van der Waals surface area contributed by atoms with Crippen LogP contribution in [0.3, 0.4) is 0 Å². The molecule has 0 aromatic heterocycles. The van der Waals surface area contributed by atoms with Crippen LogP contribution in [-0.4, -0.2) is 0 Å². The van der Waals surface area contributed by atoms with Crippen LogP contribution in [0.15, 0.2) is 84.9 Å². The number of nitrogens with zero attached hydrogens (tertiary/aromatic N) is 2. The van der Waals surface area contributed by atoms with E-state index in [1.807, 2.05) is 97.1 Å². The Bertz CT molecular complexity index is 927. The van der Waals surface area contributed by atoms with Crippen molar-refractivity contribution in [2.75, 3.05) is 0 Å². The van der Waals surface area contributed by atoms with Crippen molar-refractivity contribution in [1.82, 2.24) is 0 Å². The minimum Gasteiger partial charge on any atom is -0.192 e. The van der Waals surface area contributed by atoms with E-state index in [2.05, 4.69) is 12.1 Å². The molecule has 0 radical (unpaired) electrons.